The lowest BCUT2D eigenvalue weighted by Gasteiger charge is -2.27. The smallest absolute Gasteiger partial charge is 0.416 e. The first-order chi connectivity index (χ1) is 34.6. The number of hydrogen-bond acceptors (Lipinski definition) is 5. The molecule has 0 saturated heterocycles. The number of hydrogen-bond donors (Lipinski definition) is 0. The Bertz CT molecular complexity index is 2660. The average Bonchev–Trinajstić information content (AvgIpc) is 3.39. The second-order valence-electron chi connectivity index (χ2n) is 15.5. The molecule has 9 aromatic carbocycles. The minimum absolute atomic E-state index is 0.141. The molecule has 9 rings (SSSR count). The van der Waals surface area contributed by atoms with Gasteiger partial charge in [-0.1, -0.05) is 141 Å². The van der Waals surface area contributed by atoms with Gasteiger partial charge in [-0.15, -0.1) is 0 Å². The van der Waals surface area contributed by atoms with Crippen LogP contribution in [0.3, 0.4) is 0 Å². The highest BCUT2D eigenvalue weighted by molar-refractivity contribution is 9.10. The van der Waals surface area contributed by atoms with Crippen LogP contribution in [0.25, 0.3) is 0 Å². The van der Waals surface area contributed by atoms with E-state index in [0.717, 1.165) is 20.4 Å². The molecule has 364 valence electrons. The standard InChI is InChI=1S/2C24H19BrOP.C8H3BF6O3/c2*25-20-16-18-21(19-17-20)26-27(22-10-4-1-5-11-22,23-12-6-2-7-13-23)24-14-8-3-9-15-24;10-7(11,12)4-1-5(8(13,14)15)3-6(2-4)18-9(16)17/h2*1-19H;1-3H/q2*+1;-2. The Balaban J connectivity index is 0.000000162. The number of rotatable bonds is 12. The molecule has 0 bridgehead atoms. The van der Waals surface area contributed by atoms with Gasteiger partial charge in [-0.3, -0.25) is 0 Å². The second kappa shape index (κ2) is 24.5. The molecule has 0 heterocycles. The van der Waals surface area contributed by atoms with Crippen LogP contribution in [-0.4, -0.2) is 7.32 Å². The van der Waals surface area contributed by atoms with Crippen molar-refractivity contribution in [1.29, 1.82) is 0 Å². The predicted molar refractivity (Wildman–Crippen MR) is 283 cm³/mol. The van der Waals surface area contributed by atoms with E-state index in [1.807, 2.05) is 84.9 Å². The van der Waals surface area contributed by atoms with Crippen LogP contribution in [0.1, 0.15) is 11.1 Å². The Labute approximate surface area is 432 Å². The summed E-state index contributed by atoms with van der Waals surface area (Å²) in [6.07, 6.45) is -10.1. The summed E-state index contributed by atoms with van der Waals surface area (Å²) >= 11 is 7.03. The molecule has 0 atom stereocenters. The lowest BCUT2D eigenvalue weighted by Crippen LogP contribution is -2.50. The van der Waals surface area contributed by atoms with Gasteiger partial charge < -0.3 is 23.7 Å². The van der Waals surface area contributed by atoms with Crippen LogP contribution in [0.15, 0.2) is 258 Å². The Morgan fingerprint density at radius 2 is 0.569 bits per heavy atom. The molecule has 5 nitrogen and oxygen atoms in total. The molecule has 0 saturated carbocycles. The first-order valence-electron chi connectivity index (χ1n) is 21.9. The highest BCUT2D eigenvalue weighted by Gasteiger charge is 2.51. The maximum atomic E-state index is 12.3. The number of alkyl halides is 6. The maximum Gasteiger partial charge on any atom is 0.416 e. The molecule has 0 aliphatic heterocycles. The maximum absolute atomic E-state index is 12.3. The van der Waals surface area contributed by atoms with E-state index in [9.17, 15) is 36.4 Å². The van der Waals surface area contributed by atoms with Gasteiger partial charge in [0.15, 0.2) is 11.5 Å². The summed E-state index contributed by atoms with van der Waals surface area (Å²) in [6, 6.07) is 79.7. The summed E-state index contributed by atoms with van der Waals surface area (Å²) in [4.78, 5) is 0. The van der Waals surface area contributed by atoms with Crippen LogP contribution in [0.2, 0.25) is 0 Å². The quantitative estimate of drug-likeness (QED) is 0.0692. The van der Waals surface area contributed by atoms with Crippen LogP contribution >= 0.6 is 46.8 Å². The molecule has 0 aliphatic carbocycles. The van der Waals surface area contributed by atoms with Crippen molar-refractivity contribution < 1.29 is 50.1 Å². The Morgan fingerprint density at radius 1 is 0.333 bits per heavy atom. The van der Waals surface area contributed by atoms with Crippen LogP contribution in [0.4, 0.5) is 26.3 Å². The fourth-order valence-corrected chi connectivity index (χ4v) is 14.8. The molecular formula is C56H41BBr2F6O5P2. The minimum atomic E-state index is -5.05. The van der Waals surface area contributed by atoms with Gasteiger partial charge in [-0.25, -0.2) is 0 Å². The topological polar surface area (TPSA) is 73.8 Å². The fraction of sp³-hybridized carbons (Fsp3) is 0.0357. The zero-order valence-corrected chi connectivity index (χ0v) is 42.7. The average molecular weight is 1140 g/mol. The molecule has 72 heavy (non-hydrogen) atoms. The van der Waals surface area contributed by atoms with Crippen molar-refractivity contribution in [2.24, 2.45) is 0 Å². The van der Waals surface area contributed by atoms with Gasteiger partial charge in [-0.05, 0) is 140 Å². The minimum Gasteiger partial charge on any atom is -0.860 e. The SMILES string of the molecule is Brc1ccc(O[P+](c2ccccc2)(c2ccccc2)c2ccccc2)cc1.Brc1ccc(O[P+](c2ccccc2)(c2ccccc2)c2ccccc2)cc1.[O-]B([O-])Oc1cc(C(F)(F)F)cc(C(F)(F)F)c1. The second-order valence-corrected chi connectivity index (χ2v) is 23.2. The van der Waals surface area contributed by atoms with Gasteiger partial charge in [-0.2, -0.15) is 26.3 Å². The summed E-state index contributed by atoms with van der Waals surface area (Å²) in [5.74, 6) is 0.651. The lowest BCUT2D eigenvalue weighted by molar-refractivity contribution is -0.372. The summed E-state index contributed by atoms with van der Waals surface area (Å²) in [5, 5.41) is 27.4. The molecule has 9 aromatic rings. The summed E-state index contributed by atoms with van der Waals surface area (Å²) in [6.45, 7) is 0. The van der Waals surface area contributed by atoms with Crippen molar-refractivity contribution in [3.63, 3.8) is 0 Å². The van der Waals surface area contributed by atoms with Crippen LogP contribution < -0.4 is 55.6 Å². The summed E-state index contributed by atoms with van der Waals surface area (Å²) in [5.41, 5.74) is -3.32. The summed E-state index contributed by atoms with van der Waals surface area (Å²) < 4.78 is 93.4. The van der Waals surface area contributed by atoms with E-state index in [4.69, 9.17) is 9.05 Å². The molecule has 16 heteroatoms. The monoisotopic (exact) mass is 1140 g/mol. The first-order valence-corrected chi connectivity index (χ1v) is 26.9. The van der Waals surface area contributed by atoms with E-state index in [-0.39, 0.29) is 18.2 Å². The van der Waals surface area contributed by atoms with Crippen LogP contribution in [-0.2, 0) is 12.4 Å². The van der Waals surface area contributed by atoms with E-state index < -0.39 is 51.5 Å². The van der Waals surface area contributed by atoms with E-state index in [0.29, 0.717) is 0 Å². The third-order valence-electron chi connectivity index (χ3n) is 10.6. The van der Waals surface area contributed by atoms with Gasteiger partial charge in [0.2, 0.25) is 0 Å². The number of benzene rings is 9. The molecule has 0 aromatic heterocycles. The molecule has 0 fully saturated rings. The van der Waals surface area contributed by atoms with E-state index in [1.165, 1.54) is 31.8 Å². The predicted octanol–water partition coefficient (Wildman–Crippen LogP) is 12.3. The highest BCUT2D eigenvalue weighted by atomic mass is 79.9. The number of halogens is 8. The van der Waals surface area contributed by atoms with Crippen molar-refractivity contribution in [2.45, 2.75) is 12.4 Å². The molecular weight excluding hydrogens is 1100 g/mol. The Hall–Kier alpha value is -6.24. The zero-order chi connectivity index (χ0) is 51.2. The molecule has 0 spiro atoms. The van der Waals surface area contributed by atoms with Gasteiger partial charge in [0.05, 0.1) is 16.9 Å². The van der Waals surface area contributed by atoms with Crippen molar-refractivity contribution in [2.75, 3.05) is 0 Å². The van der Waals surface area contributed by atoms with E-state index in [2.05, 4.69) is 182 Å². The van der Waals surface area contributed by atoms with Crippen molar-refractivity contribution in [1.82, 2.24) is 0 Å². The molecule has 0 radical (unpaired) electrons. The summed E-state index contributed by atoms with van der Waals surface area (Å²) in [7, 11) is -7.63. The zero-order valence-electron chi connectivity index (χ0n) is 37.7. The third-order valence-corrected chi connectivity index (χ3v) is 18.8. The van der Waals surface area contributed by atoms with E-state index in [1.54, 1.807) is 0 Å². The highest BCUT2D eigenvalue weighted by Crippen LogP contribution is 2.57. The first kappa shape index (κ1) is 53.6. The van der Waals surface area contributed by atoms with Crippen molar-refractivity contribution in [3.8, 4) is 17.2 Å². The normalized spacial score (nSPS) is 11.5. The third kappa shape index (κ3) is 13.6. The molecule has 0 unspecified atom stereocenters. The van der Waals surface area contributed by atoms with Crippen LogP contribution in [0.5, 0.6) is 17.2 Å². The molecule has 0 N–H and O–H groups in total. The molecule has 0 aliphatic rings. The van der Waals surface area contributed by atoms with Gasteiger partial charge >= 0.3 is 12.4 Å². The molecule has 0 amide bonds. The lowest BCUT2D eigenvalue weighted by atomic mass is 10.1. The van der Waals surface area contributed by atoms with E-state index >= 15 is 0 Å². The largest absolute Gasteiger partial charge is 0.860 e. The van der Waals surface area contributed by atoms with Crippen molar-refractivity contribution in [3.05, 3.63) is 269 Å². The Morgan fingerprint density at radius 3 is 0.778 bits per heavy atom. The Kier molecular flexibility index (Phi) is 18.2. The fourth-order valence-electron chi connectivity index (χ4n) is 7.45. The van der Waals surface area contributed by atoms with Crippen LogP contribution in [0, 0.1) is 0 Å². The van der Waals surface area contributed by atoms with Gasteiger partial charge in [0.25, 0.3) is 15.0 Å². The van der Waals surface area contributed by atoms with Gasteiger partial charge in [0.1, 0.15) is 39.1 Å². The van der Waals surface area contributed by atoms with Crippen molar-refractivity contribution >= 4 is 86.0 Å². The van der Waals surface area contributed by atoms with Gasteiger partial charge in [0, 0.05) is 8.95 Å².